The summed E-state index contributed by atoms with van der Waals surface area (Å²) in [4.78, 5) is 22.5. The van der Waals surface area contributed by atoms with Crippen molar-refractivity contribution >= 4 is 17.3 Å². The van der Waals surface area contributed by atoms with Gasteiger partial charge >= 0.3 is 0 Å². The Labute approximate surface area is 140 Å². The van der Waals surface area contributed by atoms with Crippen molar-refractivity contribution in [3.05, 3.63) is 35.7 Å². The molecule has 1 amide bonds. The van der Waals surface area contributed by atoms with Crippen LogP contribution >= 0.6 is 0 Å². The lowest BCUT2D eigenvalue weighted by molar-refractivity contribution is -0.117. The lowest BCUT2D eigenvalue weighted by Crippen LogP contribution is -2.31. The van der Waals surface area contributed by atoms with Gasteiger partial charge in [-0.1, -0.05) is 0 Å². The van der Waals surface area contributed by atoms with Crippen LogP contribution in [0.15, 0.2) is 30.1 Å². The van der Waals surface area contributed by atoms with Crippen LogP contribution in [-0.2, 0) is 9.53 Å². The van der Waals surface area contributed by atoms with Gasteiger partial charge in [-0.15, -0.1) is 0 Å². The maximum atomic E-state index is 13.6. The van der Waals surface area contributed by atoms with E-state index in [2.05, 4.69) is 20.2 Å². The zero-order valence-electron chi connectivity index (χ0n) is 13.7. The summed E-state index contributed by atoms with van der Waals surface area (Å²) in [7, 11) is 1.56. The Hall–Kier alpha value is -2.28. The summed E-state index contributed by atoms with van der Waals surface area (Å²) in [6.45, 7) is 2.27. The Morgan fingerprint density at radius 3 is 2.88 bits per heavy atom. The van der Waals surface area contributed by atoms with Crippen molar-refractivity contribution in [2.45, 2.75) is 25.7 Å². The molecule has 1 aliphatic carbocycles. The van der Waals surface area contributed by atoms with Crippen LogP contribution in [0.1, 0.15) is 31.4 Å². The molecule has 0 saturated carbocycles. The van der Waals surface area contributed by atoms with Crippen molar-refractivity contribution in [1.29, 1.82) is 0 Å². The van der Waals surface area contributed by atoms with Gasteiger partial charge in [-0.3, -0.25) is 9.69 Å². The average Bonchev–Trinajstić information content (AvgIpc) is 3.08. The highest BCUT2D eigenvalue weighted by molar-refractivity contribution is 5.91. The third-order valence-corrected chi connectivity index (χ3v) is 4.22. The van der Waals surface area contributed by atoms with Gasteiger partial charge in [-0.25, -0.2) is 14.4 Å². The molecule has 0 atom stereocenters. The van der Waals surface area contributed by atoms with Crippen LogP contribution in [0, 0.1) is 0 Å². The molecule has 2 aliphatic rings. The first-order valence-corrected chi connectivity index (χ1v) is 8.13. The molecule has 7 heteroatoms. The van der Waals surface area contributed by atoms with E-state index in [1.54, 1.807) is 13.2 Å². The van der Waals surface area contributed by atoms with Crippen molar-refractivity contribution in [3.63, 3.8) is 0 Å². The predicted molar refractivity (Wildman–Crippen MR) is 88.7 cm³/mol. The van der Waals surface area contributed by atoms with Crippen LogP contribution in [-0.4, -0.2) is 47.5 Å². The fraction of sp³-hybridized carbons (Fsp3) is 0.471. The zero-order chi connectivity index (χ0) is 16.9. The van der Waals surface area contributed by atoms with Gasteiger partial charge in [-0.2, -0.15) is 0 Å². The standard InChI is InChI=1S/C17H21FN4O2/c1-24-15-5-4-12(18)8-13(15)14-9-16(20-11-19-14)21-17(23)10-22-6-2-3-7-22/h8-9,11H,2-7,10H2,1H3,(H,19,20,21,23). The van der Waals surface area contributed by atoms with Crippen LogP contribution in [0.25, 0.3) is 5.57 Å². The van der Waals surface area contributed by atoms with Gasteiger partial charge in [0.1, 0.15) is 23.7 Å². The molecule has 1 fully saturated rings. The van der Waals surface area contributed by atoms with E-state index >= 15 is 0 Å². The quantitative estimate of drug-likeness (QED) is 0.897. The summed E-state index contributed by atoms with van der Waals surface area (Å²) in [5.74, 6) is 0.785. The highest BCUT2D eigenvalue weighted by Crippen LogP contribution is 2.31. The number of carbonyl (C=O) groups excluding carboxylic acids is 1. The molecule has 3 rings (SSSR count). The number of hydrogen-bond acceptors (Lipinski definition) is 5. The van der Waals surface area contributed by atoms with Gasteiger partial charge in [0, 0.05) is 24.5 Å². The summed E-state index contributed by atoms with van der Waals surface area (Å²) in [6, 6.07) is 1.64. The van der Waals surface area contributed by atoms with E-state index in [0.29, 0.717) is 42.2 Å². The molecule has 1 aliphatic heterocycles. The van der Waals surface area contributed by atoms with Gasteiger partial charge < -0.3 is 10.1 Å². The Bertz CT molecular complexity index is 681. The largest absolute Gasteiger partial charge is 0.500 e. The summed E-state index contributed by atoms with van der Waals surface area (Å²) in [5, 5.41) is 2.78. The molecule has 1 aromatic heterocycles. The molecule has 24 heavy (non-hydrogen) atoms. The van der Waals surface area contributed by atoms with Crippen LogP contribution in [0.3, 0.4) is 0 Å². The Morgan fingerprint density at radius 2 is 2.12 bits per heavy atom. The van der Waals surface area contributed by atoms with E-state index in [1.807, 2.05) is 0 Å². The van der Waals surface area contributed by atoms with Gasteiger partial charge in [0.25, 0.3) is 0 Å². The van der Waals surface area contributed by atoms with Crippen molar-refractivity contribution in [1.82, 2.24) is 14.9 Å². The molecule has 0 radical (unpaired) electrons. The lowest BCUT2D eigenvalue weighted by atomic mass is 10.0. The number of amides is 1. The number of nitrogens with zero attached hydrogens (tertiary/aromatic N) is 3. The fourth-order valence-electron chi connectivity index (χ4n) is 3.00. The first kappa shape index (κ1) is 16.6. The third kappa shape index (κ3) is 3.97. The molecule has 2 heterocycles. The number of halogens is 1. The van der Waals surface area contributed by atoms with Gasteiger partial charge in [0.05, 0.1) is 19.3 Å². The number of hydrogen-bond donors (Lipinski definition) is 1. The van der Waals surface area contributed by atoms with Crippen LogP contribution in [0.4, 0.5) is 10.2 Å². The minimum Gasteiger partial charge on any atom is -0.500 e. The topological polar surface area (TPSA) is 67.3 Å². The molecular weight excluding hydrogens is 311 g/mol. The number of ether oxygens (including phenoxy) is 1. The third-order valence-electron chi connectivity index (χ3n) is 4.22. The minimum absolute atomic E-state index is 0.104. The molecule has 0 unspecified atom stereocenters. The number of allylic oxidation sites excluding steroid dienone is 4. The monoisotopic (exact) mass is 332 g/mol. The zero-order valence-corrected chi connectivity index (χ0v) is 13.7. The van der Waals surface area contributed by atoms with Gasteiger partial charge in [0.2, 0.25) is 5.91 Å². The number of aromatic nitrogens is 2. The number of methoxy groups -OCH3 is 1. The Kier molecular flexibility index (Phi) is 5.20. The molecule has 128 valence electrons. The van der Waals surface area contributed by atoms with Crippen molar-refractivity contribution in [3.8, 4) is 0 Å². The van der Waals surface area contributed by atoms with E-state index in [-0.39, 0.29) is 11.7 Å². The maximum absolute atomic E-state index is 13.6. The van der Waals surface area contributed by atoms with E-state index in [1.165, 1.54) is 12.4 Å². The second-order valence-electron chi connectivity index (χ2n) is 5.95. The second kappa shape index (κ2) is 7.53. The lowest BCUT2D eigenvalue weighted by Gasteiger charge is -2.16. The Morgan fingerprint density at radius 1 is 1.33 bits per heavy atom. The summed E-state index contributed by atoms with van der Waals surface area (Å²) >= 11 is 0. The van der Waals surface area contributed by atoms with Gasteiger partial charge in [-0.05, 0) is 32.0 Å². The van der Waals surface area contributed by atoms with E-state index in [9.17, 15) is 9.18 Å². The number of anilines is 1. The van der Waals surface area contributed by atoms with E-state index in [0.717, 1.165) is 25.9 Å². The summed E-state index contributed by atoms with van der Waals surface area (Å²) < 4.78 is 18.9. The average molecular weight is 332 g/mol. The molecule has 6 nitrogen and oxygen atoms in total. The molecular formula is C17H21FN4O2. The number of rotatable bonds is 5. The summed E-state index contributed by atoms with van der Waals surface area (Å²) in [5.41, 5.74) is 1.13. The summed E-state index contributed by atoms with van der Waals surface area (Å²) in [6.07, 6.45) is 5.89. The Balaban J connectivity index is 1.74. The minimum atomic E-state index is -0.205. The SMILES string of the molecule is COC1=C(c2cc(NC(=O)CN3CCCC3)ncn2)C=C(F)CC1. The number of likely N-dealkylation sites (tertiary alicyclic amines) is 1. The molecule has 0 aromatic carbocycles. The maximum Gasteiger partial charge on any atom is 0.239 e. The highest BCUT2D eigenvalue weighted by Gasteiger charge is 2.18. The molecule has 0 spiro atoms. The number of nitrogens with one attached hydrogen (secondary N) is 1. The highest BCUT2D eigenvalue weighted by atomic mass is 19.1. The van der Waals surface area contributed by atoms with Crippen molar-refractivity contribution in [2.75, 3.05) is 32.1 Å². The van der Waals surface area contributed by atoms with E-state index in [4.69, 9.17) is 4.74 Å². The van der Waals surface area contributed by atoms with Crippen molar-refractivity contribution in [2.24, 2.45) is 0 Å². The normalized spacial score (nSPS) is 18.5. The second-order valence-corrected chi connectivity index (χ2v) is 5.95. The predicted octanol–water partition coefficient (Wildman–Crippen LogP) is 2.52. The molecule has 1 N–H and O–H groups in total. The molecule has 0 bridgehead atoms. The first-order chi connectivity index (χ1) is 11.7. The van der Waals surface area contributed by atoms with E-state index < -0.39 is 0 Å². The number of carbonyl (C=O) groups is 1. The van der Waals surface area contributed by atoms with Gasteiger partial charge in [0.15, 0.2) is 0 Å². The van der Waals surface area contributed by atoms with Crippen LogP contribution in [0.5, 0.6) is 0 Å². The first-order valence-electron chi connectivity index (χ1n) is 8.13. The molecule has 1 aromatic rings. The molecule has 1 saturated heterocycles. The van der Waals surface area contributed by atoms with Crippen LogP contribution in [0.2, 0.25) is 0 Å². The fourth-order valence-corrected chi connectivity index (χ4v) is 3.00. The van der Waals surface area contributed by atoms with Crippen LogP contribution < -0.4 is 5.32 Å². The van der Waals surface area contributed by atoms with Crippen molar-refractivity contribution < 1.29 is 13.9 Å². The smallest absolute Gasteiger partial charge is 0.239 e.